The second kappa shape index (κ2) is 5.78. The van der Waals surface area contributed by atoms with Gasteiger partial charge in [0.05, 0.1) is 11.3 Å². The molecule has 1 aromatic carbocycles. The number of hydrogen-bond acceptors (Lipinski definition) is 4. The zero-order valence-corrected chi connectivity index (χ0v) is 14.4. The summed E-state index contributed by atoms with van der Waals surface area (Å²) in [5.74, 6) is -1.20. The maximum Gasteiger partial charge on any atom is 0.337 e. The molecule has 0 aliphatic carbocycles. The SMILES string of the molecule is Cc1cc(S(=O)(=O)Nc2ccc(Br)cc2C(=O)O)c(C)s1. The van der Waals surface area contributed by atoms with E-state index in [-0.39, 0.29) is 16.1 Å². The fraction of sp³-hybridized carbons (Fsp3) is 0.154. The summed E-state index contributed by atoms with van der Waals surface area (Å²) >= 11 is 4.54. The highest BCUT2D eigenvalue weighted by molar-refractivity contribution is 9.10. The molecule has 0 aliphatic heterocycles. The number of halogens is 1. The molecule has 2 aromatic rings. The second-order valence-electron chi connectivity index (χ2n) is 4.38. The Bertz CT molecular complexity index is 812. The third-order valence-corrected chi connectivity index (χ3v) is 5.82. The van der Waals surface area contributed by atoms with E-state index in [1.807, 2.05) is 6.92 Å². The van der Waals surface area contributed by atoms with Crippen molar-refractivity contribution in [3.63, 3.8) is 0 Å². The molecule has 0 unspecified atom stereocenters. The van der Waals surface area contributed by atoms with Gasteiger partial charge in [-0.15, -0.1) is 11.3 Å². The van der Waals surface area contributed by atoms with Crippen LogP contribution in [-0.2, 0) is 10.0 Å². The van der Waals surface area contributed by atoms with Gasteiger partial charge in [0.1, 0.15) is 4.90 Å². The summed E-state index contributed by atoms with van der Waals surface area (Å²) in [5.41, 5.74) is -0.0773. The standard InChI is InChI=1S/C13H12BrNO4S2/c1-7-5-12(8(2)20-7)21(18,19)15-11-4-3-9(14)6-10(11)13(16)17/h3-6,15H,1-2H3,(H,16,17). The fourth-order valence-corrected chi connectivity index (χ4v) is 4.85. The Labute approximate surface area is 134 Å². The lowest BCUT2D eigenvalue weighted by atomic mass is 10.2. The minimum absolute atomic E-state index is 0.0361. The maximum absolute atomic E-state index is 12.4. The lowest BCUT2D eigenvalue weighted by Gasteiger charge is -2.10. The van der Waals surface area contributed by atoms with Crippen LogP contribution in [0.3, 0.4) is 0 Å². The molecule has 0 aliphatic rings. The van der Waals surface area contributed by atoms with Gasteiger partial charge in [0.15, 0.2) is 0 Å². The predicted octanol–water partition coefficient (Wildman–Crippen LogP) is 3.63. The van der Waals surface area contributed by atoms with Crippen molar-refractivity contribution >= 4 is 48.9 Å². The van der Waals surface area contributed by atoms with E-state index in [2.05, 4.69) is 20.7 Å². The van der Waals surface area contributed by atoms with Crippen molar-refractivity contribution in [2.24, 2.45) is 0 Å². The van der Waals surface area contributed by atoms with E-state index in [1.54, 1.807) is 19.1 Å². The molecule has 0 radical (unpaired) electrons. The Morgan fingerprint density at radius 3 is 2.48 bits per heavy atom. The van der Waals surface area contributed by atoms with Crippen molar-refractivity contribution in [2.45, 2.75) is 18.7 Å². The molecule has 0 amide bonds. The summed E-state index contributed by atoms with van der Waals surface area (Å²) < 4.78 is 27.7. The highest BCUT2D eigenvalue weighted by Crippen LogP contribution is 2.28. The normalized spacial score (nSPS) is 11.4. The highest BCUT2D eigenvalue weighted by Gasteiger charge is 2.22. The van der Waals surface area contributed by atoms with Crippen LogP contribution in [0.15, 0.2) is 33.6 Å². The second-order valence-corrected chi connectivity index (χ2v) is 8.40. The number of carboxylic acid groups (broad SMARTS) is 1. The maximum atomic E-state index is 12.4. The molecule has 2 rings (SSSR count). The zero-order valence-electron chi connectivity index (χ0n) is 11.2. The Morgan fingerprint density at radius 2 is 1.95 bits per heavy atom. The van der Waals surface area contributed by atoms with Gasteiger partial charge in [-0.1, -0.05) is 15.9 Å². The first-order chi connectivity index (χ1) is 9.70. The van der Waals surface area contributed by atoms with Gasteiger partial charge in [0, 0.05) is 14.2 Å². The summed E-state index contributed by atoms with van der Waals surface area (Å²) in [7, 11) is -3.81. The van der Waals surface area contributed by atoms with E-state index in [4.69, 9.17) is 5.11 Å². The molecule has 0 saturated heterocycles. The largest absolute Gasteiger partial charge is 0.478 e. The van der Waals surface area contributed by atoms with E-state index in [0.29, 0.717) is 9.35 Å². The van der Waals surface area contributed by atoms with Crippen LogP contribution < -0.4 is 4.72 Å². The lowest BCUT2D eigenvalue weighted by Crippen LogP contribution is -2.15. The van der Waals surface area contributed by atoms with Crippen molar-refractivity contribution in [1.29, 1.82) is 0 Å². The van der Waals surface area contributed by atoms with Crippen LogP contribution in [-0.4, -0.2) is 19.5 Å². The molecule has 0 spiro atoms. The average Bonchev–Trinajstić information content (AvgIpc) is 2.71. The number of carboxylic acids is 1. The third kappa shape index (κ3) is 3.45. The monoisotopic (exact) mass is 389 g/mol. The molecule has 0 fully saturated rings. The van der Waals surface area contributed by atoms with Gasteiger partial charge >= 0.3 is 5.97 Å². The predicted molar refractivity (Wildman–Crippen MR) is 85.7 cm³/mol. The Morgan fingerprint density at radius 1 is 1.29 bits per heavy atom. The molecule has 5 nitrogen and oxygen atoms in total. The number of nitrogens with one attached hydrogen (secondary N) is 1. The Balaban J connectivity index is 2.47. The van der Waals surface area contributed by atoms with Gasteiger partial charge in [-0.05, 0) is 38.1 Å². The van der Waals surface area contributed by atoms with E-state index >= 15 is 0 Å². The molecule has 1 aromatic heterocycles. The Hall–Kier alpha value is -1.38. The quantitative estimate of drug-likeness (QED) is 0.835. The van der Waals surface area contributed by atoms with Crippen LogP contribution in [0.25, 0.3) is 0 Å². The summed E-state index contributed by atoms with van der Waals surface area (Å²) in [6.07, 6.45) is 0. The molecular weight excluding hydrogens is 378 g/mol. The number of anilines is 1. The van der Waals surface area contributed by atoms with E-state index in [1.165, 1.54) is 23.5 Å². The average molecular weight is 390 g/mol. The molecular formula is C13H12BrNO4S2. The molecule has 0 atom stereocenters. The van der Waals surface area contributed by atoms with Crippen molar-refractivity contribution in [3.05, 3.63) is 44.1 Å². The van der Waals surface area contributed by atoms with Gasteiger partial charge in [0.25, 0.3) is 10.0 Å². The number of hydrogen-bond donors (Lipinski definition) is 2. The molecule has 0 bridgehead atoms. The van der Waals surface area contributed by atoms with Gasteiger partial charge in [-0.25, -0.2) is 13.2 Å². The van der Waals surface area contributed by atoms with Gasteiger partial charge in [-0.2, -0.15) is 0 Å². The zero-order chi connectivity index (χ0) is 15.8. The summed E-state index contributed by atoms with van der Waals surface area (Å²) in [6.45, 7) is 3.53. The minimum atomic E-state index is -3.81. The van der Waals surface area contributed by atoms with Crippen molar-refractivity contribution in [3.8, 4) is 0 Å². The van der Waals surface area contributed by atoms with Crippen LogP contribution in [0, 0.1) is 13.8 Å². The summed E-state index contributed by atoms with van der Waals surface area (Å²) in [4.78, 5) is 12.9. The smallest absolute Gasteiger partial charge is 0.337 e. The number of benzene rings is 1. The van der Waals surface area contributed by atoms with Gasteiger partial charge < -0.3 is 5.11 Å². The van der Waals surface area contributed by atoms with E-state index in [9.17, 15) is 13.2 Å². The van der Waals surface area contributed by atoms with E-state index in [0.717, 1.165) is 4.88 Å². The summed E-state index contributed by atoms with van der Waals surface area (Å²) in [6, 6.07) is 5.92. The number of thiophene rings is 1. The van der Waals surface area contributed by atoms with Crippen LogP contribution in [0.2, 0.25) is 0 Å². The first-order valence-electron chi connectivity index (χ1n) is 5.83. The molecule has 1 heterocycles. The number of aryl methyl sites for hydroxylation is 2. The number of aromatic carboxylic acids is 1. The van der Waals surface area contributed by atoms with Crippen LogP contribution in [0.4, 0.5) is 5.69 Å². The van der Waals surface area contributed by atoms with Crippen LogP contribution in [0.5, 0.6) is 0 Å². The minimum Gasteiger partial charge on any atom is -0.478 e. The van der Waals surface area contributed by atoms with Crippen molar-refractivity contribution < 1.29 is 18.3 Å². The van der Waals surface area contributed by atoms with Gasteiger partial charge in [0.2, 0.25) is 0 Å². The molecule has 112 valence electrons. The van der Waals surface area contributed by atoms with Crippen LogP contribution >= 0.6 is 27.3 Å². The Kier molecular flexibility index (Phi) is 4.40. The van der Waals surface area contributed by atoms with Crippen LogP contribution in [0.1, 0.15) is 20.1 Å². The molecule has 21 heavy (non-hydrogen) atoms. The third-order valence-electron chi connectivity index (χ3n) is 2.74. The highest BCUT2D eigenvalue weighted by atomic mass is 79.9. The fourth-order valence-electron chi connectivity index (χ4n) is 1.86. The van der Waals surface area contributed by atoms with Crippen molar-refractivity contribution in [1.82, 2.24) is 0 Å². The molecule has 0 saturated carbocycles. The van der Waals surface area contributed by atoms with Crippen molar-refractivity contribution in [2.75, 3.05) is 4.72 Å². The number of carbonyl (C=O) groups is 1. The first-order valence-corrected chi connectivity index (χ1v) is 8.92. The number of sulfonamides is 1. The molecule has 2 N–H and O–H groups in total. The molecule has 8 heteroatoms. The lowest BCUT2D eigenvalue weighted by molar-refractivity contribution is 0.0698. The number of rotatable bonds is 4. The first kappa shape index (κ1) is 16.0. The van der Waals surface area contributed by atoms with E-state index < -0.39 is 16.0 Å². The summed E-state index contributed by atoms with van der Waals surface area (Å²) in [5, 5.41) is 9.16. The topological polar surface area (TPSA) is 83.5 Å². The van der Waals surface area contributed by atoms with Gasteiger partial charge in [-0.3, -0.25) is 4.72 Å².